The van der Waals surface area contributed by atoms with Crippen molar-refractivity contribution >= 4 is 17.6 Å². The monoisotopic (exact) mass is 210 g/mol. The first kappa shape index (κ1) is 10.6. The molecule has 78 valence electrons. The molecule has 15 heavy (non-hydrogen) atoms. The van der Waals surface area contributed by atoms with Crippen molar-refractivity contribution in [3.05, 3.63) is 34.5 Å². The van der Waals surface area contributed by atoms with Crippen LogP contribution in [0.4, 0.5) is 5.69 Å². The van der Waals surface area contributed by atoms with Crippen molar-refractivity contribution in [3.8, 4) is 0 Å². The van der Waals surface area contributed by atoms with Gasteiger partial charge in [-0.2, -0.15) is 0 Å². The topological polar surface area (TPSA) is 125 Å². The lowest BCUT2D eigenvalue weighted by Gasteiger charge is -2.01. The van der Waals surface area contributed by atoms with Crippen LogP contribution in [0.3, 0.4) is 0 Å². The van der Waals surface area contributed by atoms with Crippen LogP contribution in [0.5, 0.6) is 0 Å². The van der Waals surface area contributed by atoms with Gasteiger partial charge in [-0.1, -0.05) is 4.86 Å². The molecule has 0 saturated carbocycles. The number of nitrogens with one attached hydrogen (secondary N) is 1. The van der Waals surface area contributed by atoms with E-state index in [0.717, 1.165) is 18.2 Å². The number of nitrogens with zero attached hydrogens (tertiary/aromatic N) is 1. The van der Waals surface area contributed by atoms with Crippen molar-refractivity contribution in [1.82, 2.24) is 0 Å². The van der Waals surface area contributed by atoms with Gasteiger partial charge in [0.2, 0.25) is 5.69 Å². The standard InChI is InChI=1S/C8H6N2O5/c9-10(15)6-2-4(7(11)12)1-5(3-6)8(13)14/h1-3,9H,(H,11,12)(H,13,14). The zero-order valence-electron chi connectivity index (χ0n) is 7.30. The molecule has 0 heterocycles. The van der Waals surface area contributed by atoms with Crippen LogP contribution < -0.4 is 0 Å². The minimum Gasteiger partial charge on any atom is -0.594 e. The molecule has 0 unspecified atom stereocenters. The number of carboxylic acids is 2. The fraction of sp³-hybridized carbons (Fsp3) is 0. The van der Waals surface area contributed by atoms with E-state index in [4.69, 9.17) is 15.7 Å². The highest BCUT2D eigenvalue weighted by Crippen LogP contribution is 2.17. The summed E-state index contributed by atoms with van der Waals surface area (Å²) >= 11 is 0. The highest BCUT2D eigenvalue weighted by Gasteiger charge is 2.15. The molecule has 7 heteroatoms. The van der Waals surface area contributed by atoms with Gasteiger partial charge in [0.1, 0.15) is 0 Å². The van der Waals surface area contributed by atoms with E-state index in [1.54, 1.807) is 0 Å². The number of rotatable bonds is 3. The lowest BCUT2D eigenvalue weighted by atomic mass is 10.1. The summed E-state index contributed by atoms with van der Waals surface area (Å²) in [6.07, 6.45) is 0. The van der Waals surface area contributed by atoms with Crippen LogP contribution in [0.15, 0.2) is 18.2 Å². The summed E-state index contributed by atoms with van der Waals surface area (Å²) in [5.41, 5.74) is 5.65. The molecule has 3 N–H and O–H groups in total. The van der Waals surface area contributed by atoms with Crippen molar-refractivity contribution in [2.75, 3.05) is 0 Å². The Labute approximate surface area is 83.3 Å². The molecule has 1 aromatic rings. The molecule has 0 aliphatic carbocycles. The fourth-order valence-electron chi connectivity index (χ4n) is 0.975. The summed E-state index contributed by atoms with van der Waals surface area (Å²) in [4.78, 5) is 20.8. The molecule has 0 radical (unpaired) electrons. The summed E-state index contributed by atoms with van der Waals surface area (Å²) in [6.45, 7) is 0. The number of aromatic carboxylic acids is 2. The average molecular weight is 210 g/mol. The first-order valence-corrected chi connectivity index (χ1v) is 3.72. The number of carbonyl (C=O) groups is 2. The van der Waals surface area contributed by atoms with Crippen LogP contribution in [0, 0.1) is 10.7 Å². The van der Waals surface area contributed by atoms with E-state index in [9.17, 15) is 14.8 Å². The van der Waals surface area contributed by atoms with Crippen molar-refractivity contribution < 1.29 is 24.7 Å². The third-order valence-corrected chi connectivity index (χ3v) is 1.65. The third-order valence-electron chi connectivity index (χ3n) is 1.65. The molecule has 0 atom stereocenters. The Balaban J connectivity index is 3.39. The maximum Gasteiger partial charge on any atom is 0.335 e. The summed E-state index contributed by atoms with van der Waals surface area (Å²) in [5.74, 6) is -2.72. The van der Waals surface area contributed by atoms with E-state index in [0.29, 0.717) is 0 Å². The van der Waals surface area contributed by atoms with Crippen LogP contribution in [0.25, 0.3) is 0 Å². The Morgan fingerprint density at radius 1 is 1.13 bits per heavy atom. The molecule has 1 rings (SSSR count). The van der Waals surface area contributed by atoms with Crippen LogP contribution in [-0.4, -0.2) is 27.0 Å². The fourth-order valence-corrected chi connectivity index (χ4v) is 0.975. The van der Waals surface area contributed by atoms with Gasteiger partial charge < -0.3 is 15.4 Å². The number of benzene rings is 1. The maximum absolute atomic E-state index is 10.6. The molecule has 0 amide bonds. The van der Waals surface area contributed by atoms with Crippen molar-refractivity contribution in [2.24, 2.45) is 0 Å². The summed E-state index contributed by atoms with van der Waals surface area (Å²) in [6, 6.07) is 2.77. The van der Waals surface area contributed by atoms with Crippen LogP contribution in [-0.2, 0) is 0 Å². The van der Waals surface area contributed by atoms with Gasteiger partial charge >= 0.3 is 11.9 Å². The van der Waals surface area contributed by atoms with Gasteiger partial charge in [-0.15, -0.1) is 0 Å². The molecule has 0 aromatic heterocycles. The Morgan fingerprint density at radius 3 is 1.80 bits per heavy atom. The van der Waals surface area contributed by atoms with Gasteiger partial charge in [0.25, 0.3) is 0 Å². The molecule has 0 spiro atoms. The average Bonchev–Trinajstić information content (AvgIpc) is 2.16. The largest absolute Gasteiger partial charge is 0.594 e. The molecular weight excluding hydrogens is 204 g/mol. The summed E-state index contributed by atoms with van der Waals surface area (Å²) in [5, 5.41) is 27.8. The Morgan fingerprint density at radius 2 is 1.53 bits per heavy atom. The zero-order valence-corrected chi connectivity index (χ0v) is 7.30. The predicted molar refractivity (Wildman–Crippen MR) is 46.4 cm³/mol. The zero-order chi connectivity index (χ0) is 11.6. The summed E-state index contributed by atoms with van der Waals surface area (Å²) in [7, 11) is 0. The van der Waals surface area contributed by atoms with Crippen LogP contribution in [0.2, 0.25) is 0 Å². The first-order chi connectivity index (χ1) is 6.91. The summed E-state index contributed by atoms with van der Waals surface area (Å²) < 4.78 is 0. The minimum absolute atomic E-state index is 0.340. The lowest BCUT2D eigenvalue weighted by molar-refractivity contribution is -0.465. The Bertz CT molecular complexity index is 375. The van der Waals surface area contributed by atoms with Crippen LogP contribution in [0.1, 0.15) is 20.7 Å². The van der Waals surface area contributed by atoms with Gasteiger partial charge in [-0.05, 0) is 11.6 Å². The Kier molecular flexibility index (Phi) is 2.65. The lowest BCUT2D eigenvalue weighted by Crippen LogP contribution is -2.04. The highest BCUT2D eigenvalue weighted by atomic mass is 16.5. The molecule has 0 bridgehead atoms. The minimum atomic E-state index is -1.36. The normalized spacial score (nSPS) is 9.60. The quantitative estimate of drug-likeness (QED) is 0.393. The van der Waals surface area contributed by atoms with E-state index in [1.807, 2.05) is 0 Å². The van der Waals surface area contributed by atoms with Crippen LogP contribution >= 0.6 is 0 Å². The molecule has 0 aliphatic rings. The molecule has 0 aliphatic heterocycles. The van der Waals surface area contributed by atoms with Gasteiger partial charge in [0.15, 0.2) is 0 Å². The van der Waals surface area contributed by atoms with Gasteiger partial charge in [-0.25, -0.2) is 9.59 Å². The second-order valence-corrected chi connectivity index (χ2v) is 2.67. The SMILES string of the molecule is N=[N+]([O-])c1cc(C(=O)O)cc(C(=O)O)c1. The number of hydrogen-bond acceptors (Lipinski definition) is 4. The second kappa shape index (κ2) is 3.74. The molecule has 0 fully saturated rings. The third kappa shape index (κ3) is 2.27. The van der Waals surface area contributed by atoms with Crippen molar-refractivity contribution in [3.63, 3.8) is 0 Å². The van der Waals surface area contributed by atoms with E-state index in [2.05, 4.69) is 0 Å². The van der Waals surface area contributed by atoms with Crippen molar-refractivity contribution in [1.29, 1.82) is 5.53 Å². The number of carboxylic acid groups (broad SMARTS) is 2. The Hall–Kier alpha value is -2.44. The van der Waals surface area contributed by atoms with Crippen molar-refractivity contribution in [2.45, 2.75) is 0 Å². The van der Waals surface area contributed by atoms with E-state index < -0.39 is 11.9 Å². The van der Waals surface area contributed by atoms with Gasteiger partial charge in [-0.3, -0.25) is 0 Å². The predicted octanol–water partition coefficient (Wildman–Crippen LogP) is 1.26. The molecule has 0 saturated heterocycles. The molecule has 1 aromatic carbocycles. The second-order valence-electron chi connectivity index (χ2n) is 2.67. The molecule has 7 nitrogen and oxygen atoms in total. The highest BCUT2D eigenvalue weighted by molar-refractivity contribution is 5.94. The maximum atomic E-state index is 10.6. The van der Waals surface area contributed by atoms with E-state index in [1.165, 1.54) is 0 Å². The van der Waals surface area contributed by atoms with E-state index >= 15 is 0 Å². The number of hydrogen-bond donors (Lipinski definition) is 3. The molecular formula is C8H6N2O5. The smallest absolute Gasteiger partial charge is 0.335 e. The van der Waals surface area contributed by atoms with Gasteiger partial charge in [0.05, 0.1) is 11.1 Å². The van der Waals surface area contributed by atoms with E-state index in [-0.39, 0.29) is 21.7 Å². The van der Waals surface area contributed by atoms with Gasteiger partial charge in [0, 0.05) is 12.1 Å². The first-order valence-electron chi connectivity index (χ1n) is 3.72.